The molecule has 8 atom stereocenters. The van der Waals surface area contributed by atoms with Gasteiger partial charge in [-0.05, 0) is 34.1 Å². The first-order valence-corrected chi connectivity index (χ1v) is 11.3. The molecule has 4 heterocycles. The standard InChI is InChI=1S/C10H18O4.C9H15IO4.2CH4/c1-5-6-7-8(9(11-4)12-6)14-10(2,3)13-7;1-9(2)13-6-5(4-10)12-8(11-3)7(6)14-9;;/h6-9H,5H2,1-4H3;5-8H,4H2,1-3H3;2*1H4/t6-,7-,8-,9?;5-,6-,7-,8?;;/m11../s1. The van der Waals surface area contributed by atoms with Crippen molar-refractivity contribution in [3.8, 4) is 0 Å². The van der Waals surface area contributed by atoms with Crippen LogP contribution in [0, 0.1) is 0 Å². The maximum absolute atomic E-state index is 5.78. The van der Waals surface area contributed by atoms with Gasteiger partial charge in [0.05, 0.1) is 12.2 Å². The highest BCUT2D eigenvalue weighted by Crippen LogP contribution is 2.40. The number of methoxy groups -OCH3 is 2. The molecule has 0 aliphatic carbocycles. The van der Waals surface area contributed by atoms with E-state index in [2.05, 4.69) is 29.5 Å². The largest absolute Gasteiger partial charge is 0.353 e. The molecule has 0 aromatic carbocycles. The van der Waals surface area contributed by atoms with Crippen molar-refractivity contribution >= 4 is 22.6 Å². The van der Waals surface area contributed by atoms with Crippen LogP contribution in [-0.4, -0.2) is 79.4 Å². The molecule has 8 nitrogen and oxygen atoms in total. The lowest BCUT2D eigenvalue weighted by Crippen LogP contribution is -2.30. The van der Waals surface area contributed by atoms with Crippen LogP contribution in [-0.2, 0) is 37.9 Å². The highest BCUT2D eigenvalue weighted by molar-refractivity contribution is 14.1. The molecule has 2 unspecified atom stereocenters. The summed E-state index contributed by atoms with van der Waals surface area (Å²) in [4.78, 5) is 0. The molecular formula is C21H41IO8. The lowest BCUT2D eigenvalue weighted by molar-refractivity contribution is -0.227. The van der Waals surface area contributed by atoms with Gasteiger partial charge in [0.25, 0.3) is 0 Å². The molecule has 0 spiro atoms. The number of fused-ring (bicyclic) bond motifs is 2. The van der Waals surface area contributed by atoms with Gasteiger partial charge >= 0.3 is 0 Å². The second-order valence-electron chi connectivity index (χ2n) is 8.25. The molecule has 0 bridgehead atoms. The van der Waals surface area contributed by atoms with E-state index in [9.17, 15) is 0 Å². The summed E-state index contributed by atoms with van der Waals surface area (Å²) in [7, 11) is 3.26. The predicted octanol–water partition coefficient (Wildman–Crippen LogP) is 3.87. The minimum Gasteiger partial charge on any atom is -0.353 e. The van der Waals surface area contributed by atoms with Gasteiger partial charge in [0.15, 0.2) is 24.2 Å². The topological polar surface area (TPSA) is 73.8 Å². The van der Waals surface area contributed by atoms with Gasteiger partial charge in [-0.25, -0.2) is 0 Å². The average molecular weight is 548 g/mol. The first-order chi connectivity index (χ1) is 13.1. The molecule has 4 saturated heterocycles. The maximum Gasteiger partial charge on any atom is 0.186 e. The molecule has 9 heteroatoms. The monoisotopic (exact) mass is 548 g/mol. The SMILES string of the molecule is C.C.CC[C@H]1OC(OC)[C@@H]2OC(C)(C)O[C@H]12.COC1O[C@H](CI)[C@H]2OC(C)(C)O[C@@H]12. The van der Waals surface area contributed by atoms with E-state index >= 15 is 0 Å². The van der Waals surface area contributed by atoms with Crippen LogP contribution in [0.3, 0.4) is 0 Å². The summed E-state index contributed by atoms with van der Waals surface area (Å²) in [5.41, 5.74) is 0. The third kappa shape index (κ3) is 5.85. The number of hydrogen-bond donors (Lipinski definition) is 0. The van der Waals surface area contributed by atoms with Crippen LogP contribution in [0.2, 0.25) is 0 Å². The summed E-state index contributed by atoms with van der Waals surface area (Å²) in [6.45, 7) is 9.76. The highest BCUT2D eigenvalue weighted by Gasteiger charge is 2.56. The summed E-state index contributed by atoms with van der Waals surface area (Å²) >= 11 is 2.29. The van der Waals surface area contributed by atoms with Crippen LogP contribution in [0.5, 0.6) is 0 Å². The first kappa shape index (κ1) is 28.4. The number of rotatable bonds is 4. The van der Waals surface area contributed by atoms with Crippen molar-refractivity contribution < 1.29 is 37.9 Å². The minimum atomic E-state index is -0.514. The second kappa shape index (κ2) is 11.0. The molecule has 0 saturated carbocycles. The molecule has 0 radical (unpaired) electrons. The fourth-order valence-electron chi connectivity index (χ4n) is 4.12. The van der Waals surface area contributed by atoms with Gasteiger partial charge in [-0.1, -0.05) is 44.4 Å². The van der Waals surface area contributed by atoms with Crippen molar-refractivity contribution in [3.63, 3.8) is 0 Å². The van der Waals surface area contributed by atoms with Crippen molar-refractivity contribution in [3.05, 3.63) is 0 Å². The van der Waals surface area contributed by atoms with E-state index in [4.69, 9.17) is 37.9 Å². The summed E-state index contributed by atoms with van der Waals surface area (Å²) in [6, 6.07) is 0. The molecule has 4 aliphatic rings. The van der Waals surface area contributed by atoms with Crippen molar-refractivity contribution in [2.45, 2.75) is 117 Å². The Morgan fingerprint density at radius 2 is 1.07 bits per heavy atom. The van der Waals surface area contributed by atoms with Gasteiger partial charge in [0.1, 0.15) is 24.4 Å². The van der Waals surface area contributed by atoms with Gasteiger partial charge in [0.2, 0.25) is 0 Å². The van der Waals surface area contributed by atoms with Crippen LogP contribution >= 0.6 is 22.6 Å². The molecule has 4 aliphatic heterocycles. The molecule has 0 N–H and O–H groups in total. The molecule has 30 heavy (non-hydrogen) atoms. The highest BCUT2D eigenvalue weighted by atomic mass is 127. The summed E-state index contributed by atoms with van der Waals surface area (Å²) in [6.07, 6.45) is 0.356. The smallest absolute Gasteiger partial charge is 0.186 e. The van der Waals surface area contributed by atoms with E-state index in [1.165, 1.54) is 0 Å². The zero-order valence-electron chi connectivity index (χ0n) is 17.7. The van der Waals surface area contributed by atoms with Gasteiger partial charge in [-0.3, -0.25) is 0 Å². The molecule has 180 valence electrons. The number of alkyl halides is 1. The summed E-state index contributed by atoms with van der Waals surface area (Å²) < 4.78 is 45.6. The molecule has 0 amide bonds. The minimum absolute atomic E-state index is 0. The molecule has 4 rings (SSSR count). The number of halogens is 1. The Labute approximate surface area is 195 Å². The number of ether oxygens (including phenoxy) is 8. The van der Waals surface area contributed by atoms with E-state index in [1.807, 2.05) is 27.7 Å². The maximum atomic E-state index is 5.78. The average Bonchev–Trinajstić information content (AvgIpc) is 3.31. The Morgan fingerprint density at radius 3 is 1.43 bits per heavy atom. The van der Waals surface area contributed by atoms with Crippen molar-refractivity contribution in [2.24, 2.45) is 0 Å². The van der Waals surface area contributed by atoms with Crippen molar-refractivity contribution in [1.82, 2.24) is 0 Å². The van der Waals surface area contributed by atoms with E-state index in [0.717, 1.165) is 10.8 Å². The van der Waals surface area contributed by atoms with Gasteiger partial charge in [-0.15, -0.1) is 0 Å². The number of hydrogen-bond acceptors (Lipinski definition) is 8. The third-order valence-electron chi connectivity index (χ3n) is 5.23. The van der Waals surface area contributed by atoms with Crippen LogP contribution in [0.1, 0.15) is 55.9 Å². The Morgan fingerprint density at radius 1 is 0.700 bits per heavy atom. The molecule has 0 aromatic rings. The third-order valence-corrected chi connectivity index (χ3v) is 6.10. The molecule has 0 aromatic heterocycles. The van der Waals surface area contributed by atoms with Crippen molar-refractivity contribution in [1.29, 1.82) is 0 Å². The van der Waals surface area contributed by atoms with E-state index < -0.39 is 11.6 Å². The van der Waals surface area contributed by atoms with Crippen LogP contribution in [0.15, 0.2) is 0 Å². The van der Waals surface area contributed by atoms with Gasteiger partial charge < -0.3 is 37.9 Å². The summed E-state index contributed by atoms with van der Waals surface area (Å²) in [5, 5.41) is 0. The van der Waals surface area contributed by atoms with Gasteiger partial charge in [0, 0.05) is 18.6 Å². The van der Waals surface area contributed by atoms with Crippen LogP contribution < -0.4 is 0 Å². The second-order valence-corrected chi connectivity index (χ2v) is 9.13. The first-order valence-electron chi connectivity index (χ1n) is 9.78. The van der Waals surface area contributed by atoms with E-state index in [1.54, 1.807) is 14.2 Å². The fourth-order valence-corrected chi connectivity index (χ4v) is 4.83. The van der Waals surface area contributed by atoms with Crippen LogP contribution in [0.4, 0.5) is 0 Å². The zero-order valence-corrected chi connectivity index (χ0v) is 19.8. The van der Waals surface area contributed by atoms with E-state index in [-0.39, 0.29) is 64.1 Å². The summed E-state index contributed by atoms with van der Waals surface area (Å²) in [5.74, 6) is -1.02. The zero-order chi connectivity index (χ0) is 20.7. The Balaban J connectivity index is 0.000000281. The van der Waals surface area contributed by atoms with E-state index in [0.29, 0.717) is 0 Å². The Hall–Kier alpha value is 0.410. The van der Waals surface area contributed by atoms with Gasteiger partial charge in [-0.2, -0.15) is 0 Å². The molecular weight excluding hydrogens is 507 g/mol. The fraction of sp³-hybridized carbons (Fsp3) is 1.00. The lowest BCUT2D eigenvalue weighted by atomic mass is 10.1. The quantitative estimate of drug-likeness (QED) is 0.388. The predicted molar refractivity (Wildman–Crippen MR) is 122 cm³/mol. The van der Waals surface area contributed by atoms with Crippen molar-refractivity contribution in [2.75, 3.05) is 18.6 Å². The molecule has 4 fully saturated rings. The van der Waals surface area contributed by atoms with Crippen LogP contribution in [0.25, 0.3) is 0 Å². The normalized spacial score (nSPS) is 42.4. The Bertz CT molecular complexity index is 445. The lowest BCUT2D eigenvalue weighted by Gasteiger charge is -2.22. The Kier molecular flexibility index (Phi) is 10.4.